The van der Waals surface area contributed by atoms with E-state index in [-0.39, 0.29) is 11.1 Å². The summed E-state index contributed by atoms with van der Waals surface area (Å²) in [7, 11) is 0. The van der Waals surface area contributed by atoms with Gasteiger partial charge >= 0.3 is 11.9 Å². The normalized spacial score (nSPS) is 9.81. The van der Waals surface area contributed by atoms with Gasteiger partial charge in [0.1, 0.15) is 0 Å². The van der Waals surface area contributed by atoms with Gasteiger partial charge in [-0.2, -0.15) is 4.89 Å². The van der Waals surface area contributed by atoms with Gasteiger partial charge in [0, 0.05) is 0 Å². The van der Waals surface area contributed by atoms with Gasteiger partial charge in [-0.15, -0.1) is 0 Å². The average Bonchev–Trinajstić information content (AvgIpc) is 2.29. The average molecular weight is 224 g/mol. The molecule has 0 aliphatic carbocycles. The lowest BCUT2D eigenvalue weighted by atomic mass is 10.1. The van der Waals surface area contributed by atoms with Crippen molar-refractivity contribution in [3.05, 3.63) is 35.4 Å². The van der Waals surface area contributed by atoms with Crippen molar-refractivity contribution in [3.63, 3.8) is 0 Å². The summed E-state index contributed by atoms with van der Waals surface area (Å²) in [5.41, 5.74) is 0.368. The SMILES string of the molecule is CCCOOC(=O)c1ccc(C(=O)O)cc1. The van der Waals surface area contributed by atoms with Crippen molar-refractivity contribution >= 4 is 11.9 Å². The Morgan fingerprint density at radius 1 is 1.19 bits per heavy atom. The van der Waals surface area contributed by atoms with Crippen molar-refractivity contribution in [2.24, 2.45) is 0 Å². The lowest BCUT2D eigenvalue weighted by Crippen LogP contribution is -2.07. The van der Waals surface area contributed by atoms with Crippen LogP contribution in [0.1, 0.15) is 34.1 Å². The van der Waals surface area contributed by atoms with E-state index in [1.54, 1.807) is 0 Å². The number of rotatable bonds is 5. The zero-order chi connectivity index (χ0) is 12.0. The molecular formula is C11H12O5. The molecule has 5 heteroatoms. The second kappa shape index (κ2) is 5.87. The second-order valence-corrected chi connectivity index (χ2v) is 3.08. The molecule has 0 heterocycles. The molecule has 1 N–H and O–H groups in total. The second-order valence-electron chi connectivity index (χ2n) is 3.08. The first-order chi connectivity index (χ1) is 7.65. The maximum absolute atomic E-state index is 11.3. The molecule has 86 valence electrons. The van der Waals surface area contributed by atoms with Crippen LogP contribution in [0.15, 0.2) is 24.3 Å². The molecule has 1 aromatic rings. The topological polar surface area (TPSA) is 72.8 Å². The predicted molar refractivity (Wildman–Crippen MR) is 55.1 cm³/mol. The van der Waals surface area contributed by atoms with Crippen molar-refractivity contribution in [3.8, 4) is 0 Å². The summed E-state index contributed by atoms with van der Waals surface area (Å²) in [5.74, 6) is -1.67. The minimum atomic E-state index is -1.04. The van der Waals surface area contributed by atoms with Crippen LogP contribution in [-0.2, 0) is 9.78 Å². The quantitative estimate of drug-likeness (QED) is 0.469. The van der Waals surface area contributed by atoms with E-state index >= 15 is 0 Å². The van der Waals surface area contributed by atoms with Crippen LogP contribution in [0.4, 0.5) is 0 Å². The molecule has 0 amide bonds. The van der Waals surface area contributed by atoms with Gasteiger partial charge in [-0.25, -0.2) is 9.59 Å². The van der Waals surface area contributed by atoms with E-state index in [4.69, 9.17) is 5.11 Å². The lowest BCUT2D eigenvalue weighted by molar-refractivity contribution is -0.240. The highest BCUT2D eigenvalue weighted by Crippen LogP contribution is 2.06. The van der Waals surface area contributed by atoms with Gasteiger partial charge in [-0.3, -0.25) is 4.89 Å². The summed E-state index contributed by atoms with van der Waals surface area (Å²) in [5, 5.41) is 8.65. The van der Waals surface area contributed by atoms with Crippen LogP contribution in [0.5, 0.6) is 0 Å². The van der Waals surface area contributed by atoms with Crippen LogP contribution < -0.4 is 0 Å². The number of carbonyl (C=O) groups excluding carboxylic acids is 1. The maximum atomic E-state index is 11.3. The molecule has 0 atom stereocenters. The highest BCUT2D eigenvalue weighted by Gasteiger charge is 2.09. The minimum Gasteiger partial charge on any atom is -0.478 e. The Hall–Kier alpha value is -1.88. The smallest absolute Gasteiger partial charge is 0.373 e. The van der Waals surface area contributed by atoms with Gasteiger partial charge in [0.15, 0.2) is 0 Å². The number of aromatic carboxylic acids is 1. The van der Waals surface area contributed by atoms with Gasteiger partial charge in [0.05, 0.1) is 17.7 Å². The predicted octanol–water partition coefficient (Wildman–Crippen LogP) is 1.88. The van der Waals surface area contributed by atoms with Crippen LogP contribution >= 0.6 is 0 Å². The Labute approximate surface area is 92.5 Å². The summed E-state index contributed by atoms with van der Waals surface area (Å²) in [6.07, 6.45) is 0.741. The molecule has 1 aromatic carbocycles. The Morgan fingerprint density at radius 3 is 2.25 bits per heavy atom. The summed E-state index contributed by atoms with van der Waals surface area (Å²) in [6.45, 7) is 2.22. The molecule has 5 nitrogen and oxygen atoms in total. The zero-order valence-corrected chi connectivity index (χ0v) is 8.80. The summed E-state index contributed by atoms with van der Waals surface area (Å²) >= 11 is 0. The first-order valence-corrected chi connectivity index (χ1v) is 4.82. The van der Waals surface area contributed by atoms with Crippen LogP contribution in [-0.4, -0.2) is 23.7 Å². The van der Waals surface area contributed by atoms with E-state index in [1.165, 1.54) is 24.3 Å². The Bertz CT molecular complexity index is 368. The summed E-state index contributed by atoms with van der Waals surface area (Å²) < 4.78 is 0. The van der Waals surface area contributed by atoms with Crippen molar-refractivity contribution in [1.29, 1.82) is 0 Å². The fraction of sp³-hybridized carbons (Fsp3) is 0.273. The molecule has 16 heavy (non-hydrogen) atoms. The molecule has 0 radical (unpaired) electrons. The third-order valence-corrected chi connectivity index (χ3v) is 1.79. The van der Waals surface area contributed by atoms with Crippen LogP contribution in [0.3, 0.4) is 0 Å². The molecular weight excluding hydrogens is 212 g/mol. The van der Waals surface area contributed by atoms with Gasteiger partial charge < -0.3 is 5.11 Å². The number of carboxylic acid groups (broad SMARTS) is 1. The zero-order valence-electron chi connectivity index (χ0n) is 8.80. The molecule has 0 aromatic heterocycles. The largest absolute Gasteiger partial charge is 0.478 e. The number of carboxylic acids is 1. The molecule has 1 rings (SSSR count). The van der Waals surface area contributed by atoms with E-state index < -0.39 is 11.9 Å². The standard InChI is InChI=1S/C11H12O5/c1-2-7-15-16-11(14)9-5-3-8(4-6-9)10(12)13/h3-6H,2,7H2,1H3,(H,12,13). The van der Waals surface area contributed by atoms with Crippen molar-refractivity contribution < 1.29 is 24.5 Å². The van der Waals surface area contributed by atoms with Crippen molar-refractivity contribution in [2.45, 2.75) is 13.3 Å². The van der Waals surface area contributed by atoms with Crippen LogP contribution in [0.25, 0.3) is 0 Å². The molecule has 0 aliphatic rings. The number of benzene rings is 1. The van der Waals surface area contributed by atoms with Crippen molar-refractivity contribution in [1.82, 2.24) is 0 Å². The minimum absolute atomic E-state index is 0.117. The van der Waals surface area contributed by atoms with E-state index in [0.29, 0.717) is 6.61 Å². The van der Waals surface area contributed by atoms with E-state index in [0.717, 1.165) is 6.42 Å². The highest BCUT2D eigenvalue weighted by molar-refractivity contribution is 5.92. The number of hydrogen-bond donors (Lipinski definition) is 1. The first kappa shape index (κ1) is 12.2. The molecule has 0 fully saturated rings. The van der Waals surface area contributed by atoms with Crippen LogP contribution in [0, 0.1) is 0 Å². The Kier molecular flexibility index (Phi) is 4.47. The molecule has 0 unspecified atom stereocenters. The van der Waals surface area contributed by atoms with E-state index in [1.807, 2.05) is 6.92 Å². The van der Waals surface area contributed by atoms with Gasteiger partial charge in [-0.05, 0) is 30.7 Å². The Balaban J connectivity index is 2.59. The lowest BCUT2D eigenvalue weighted by Gasteiger charge is -2.02. The monoisotopic (exact) mass is 224 g/mol. The third kappa shape index (κ3) is 3.36. The first-order valence-electron chi connectivity index (χ1n) is 4.82. The fourth-order valence-corrected chi connectivity index (χ4v) is 0.976. The molecule has 0 spiro atoms. The molecule has 0 saturated heterocycles. The highest BCUT2D eigenvalue weighted by atomic mass is 17.2. The van der Waals surface area contributed by atoms with E-state index in [9.17, 15) is 9.59 Å². The third-order valence-electron chi connectivity index (χ3n) is 1.79. The van der Waals surface area contributed by atoms with Gasteiger partial charge in [0.25, 0.3) is 0 Å². The Morgan fingerprint density at radius 2 is 1.75 bits per heavy atom. The number of carbonyl (C=O) groups is 2. The van der Waals surface area contributed by atoms with E-state index in [2.05, 4.69) is 9.78 Å². The summed E-state index contributed by atoms with van der Waals surface area (Å²) in [6, 6.07) is 5.42. The molecule has 0 aliphatic heterocycles. The summed E-state index contributed by atoms with van der Waals surface area (Å²) in [4.78, 5) is 31.0. The fourth-order valence-electron chi connectivity index (χ4n) is 0.976. The molecule has 0 saturated carbocycles. The molecule has 0 bridgehead atoms. The van der Waals surface area contributed by atoms with Crippen molar-refractivity contribution in [2.75, 3.05) is 6.61 Å². The van der Waals surface area contributed by atoms with Gasteiger partial charge in [-0.1, -0.05) is 6.92 Å². The van der Waals surface area contributed by atoms with Gasteiger partial charge in [0.2, 0.25) is 0 Å². The number of hydrogen-bond acceptors (Lipinski definition) is 4. The van der Waals surface area contributed by atoms with Crippen LogP contribution in [0.2, 0.25) is 0 Å². The maximum Gasteiger partial charge on any atom is 0.373 e.